The third-order valence-electron chi connectivity index (χ3n) is 4.93. The lowest BCUT2D eigenvalue weighted by Gasteiger charge is -2.40. The summed E-state index contributed by atoms with van der Waals surface area (Å²) in [4.78, 5) is 13.5. The molecule has 2 aromatic rings. The summed E-state index contributed by atoms with van der Waals surface area (Å²) in [6.45, 7) is 3.42. The van der Waals surface area contributed by atoms with Crippen molar-refractivity contribution in [1.29, 1.82) is 0 Å². The Balaban J connectivity index is 1.89. The van der Waals surface area contributed by atoms with Crippen molar-refractivity contribution in [2.75, 3.05) is 24.0 Å². The lowest BCUT2D eigenvalue weighted by Crippen LogP contribution is -2.47. The number of nitrogens with zero attached hydrogens (tertiary/aromatic N) is 2. The Bertz CT molecular complexity index is 837. The first-order valence-electron chi connectivity index (χ1n) is 9.07. The van der Waals surface area contributed by atoms with Crippen LogP contribution in [0.4, 0.5) is 10.5 Å². The molecule has 1 aliphatic heterocycles. The number of rotatable bonds is 5. The molecule has 2 N–H and O–H groups in total. The number of carbonyl (C=O) groups excluding carboxylic acids is 1. The van der Waals surface area contributed by atoms with E-state index in [1.807, 2.05) is 36.4 Å². The van der Waals surface area contributed by atoms with E-state index in [9.17, 15) is 13.6 Å². The summed E-state index contributed by atoms with van der Waals surface area (Å²) in [6.07, 6.45) is 0.767. The number of piperidine rings is 1. The molecule has 1 unspecified atom stereocenters. The van der Waals surface area contributed by atoms with E-state index in [1.165, 1.54) is 4.31 Å². The van der Waals surface area contributed by atoms with E-state index in [0.717, 1.165) is 16.3 Å². The van der Waals surface area contributed by atoms with Crippen LogP contribution in [0.5, 0.6) is 0 Å². The van der Waals surface area contributed by atoms with E-state index in [1.54, 1.807) is 11.8 Å². The SMILES string of the molecule is CCOC(=O)N1CCC(N(c2cccc3c(CN)cccc23)S(=O)[O-])CC1. The van der Waals surface area contributed by atoms with Crippen molar-refractivity contribution in [3.8, 4) is 0 Å². The normalized spacial score (nSPS) is 16.3. The van der Waals surface area contributed by atoms with Gasteiger partial charge in [-0.3, -0.25) is 8.51 Å². The van der Waals surface area contributed by atoms with Gasteiger partial charge in [0.25, 0.3) is 0 Å². The van der Waals surface area contributed by atoms with E-state index >= 15 is 0 Å². The summed E-state index contributed by atoms with van der Waals surface area (Å²) in [7, 11) is 0. The first-order valence-corrected chi connectivity index (χ1v) is 10.1. The van der Waals surface area contributed by atoms with Gasteiger partial charge in [0.1, 0.15) is 0 Å². The molecular weight excluding hydrogens is 366 g/mol. The summed E-state index contributed by atoms with van der Waals surface area (Å²) in [5.74, 6) is 0. The predicted octanol–water partition coefficient (Wildman–Crippen LogP) is 2.52. The fourth-order valence-corrected chi connectivity index (χ4v) is 4.40. The zero-order valence-electron chi connectivity index (χ0n) is 15.3. The Kier molecular flexibility index (Phi) is 6.30. The van der Waals surface area contributed by atoms with E-state index in [4.69, 9.17) is 10.5 Å². The molecule has 1 saturated heterocycles. The minimum Gasteiger partial charge on any atom is -0.755 e. The predicted molar refractivity (Wildman–Crippen MR) is 105 cm³/mol. The number of nitrogens with two attached hydrogens (primary N) is 1. The van der Waals surface area contributed by atoms with Crippen LogP contribution >= 0.6 is 0 Å². The fourth-order valence-electron chi connectivity index (χ4n) is 3.63. The third-order valence-corrected chi connectivity index (χ3v) is 5.75. The van der Waals surface area contributed by atoms with E-state index < -0.39 is 11.3 Å². The quantitative estimate of drug-likeness (QED) is 0.791. The summed E-state index contributed by atoms with van der Waals surface area (Å²) >= 11 is -2.42. The zero-order valence-corrected chi connectivity index (χ0v) is 16.1. The second-order valence-electron chi connectivity index (χ2n) is 6.45. The Morgan fingerprint density at radius 3 is 2.56 bits per heavy atom. The van der Waals surface area contributed by atoms with Crippen LogP contribution in [0.1, 0.15) is 25.3 Å². The second-order valence-corrected chi connectivity index (χ2v) is 7.28. The fraction of sp³-hybridized carbons (Fsp3) is 0.421. The number of hydrogen-bond acceptors (Lipinski definition) is 5. The van der Waals surface area contributed by atoms with Crippen LogP contribution in [0.3, 0.4) is 0 Å². The molecule has 1 amide bonds. The zero-order chi connectivity index (χ0) is 19.4. The van der Waals surface area contributed by atoms with Gasteiger partial charge >= 0.3 is 6.09 Å². The summed E-state index contributed by atoms with van der Waals surface area (Å²) in [6, 6.07) is 11.2. The molecule has 1 fully saturated rings. The van der Waals surface area contributed by atoms with E-state index in [-0.39, 0.29) is 12.1 Å². The van der Waals surface area contributed by atoms with Crippen molar-refractivity contribution < 1.29 is 18.3 Å². The number of ether oxygens (including phenoxy) is 1. The number of amides is 1. The molecule has 0 aliphatic carbocycles. The minimum atomic E-state index is -2.42. The highest BCUT2D eigenvalue weighted by Gasteiger charge is 2.29. The van der Waals surface area contributed by atoms with Gasteiger partial charge in [-0.15, -0.1) is 0 Å². The minimum absolute atomic E-state index is 0.207. The van der Waals surface area contributed by atoms with Crippen LogP contribution < -0.4 is 10.0 Å². The van der Waals surface area contributed by atoms with Crippen LogP contribution in [-0.2, 0) is 22.5 Å². The van der Waals surface area contributed by atoms with Crippen LogP contribution in [0.15, 0.2) is 36.4 Å². The van der Waals surface area contributed by atoms with Crippen molar-refractivity contribution >= 4 is 33.8 Å². The summed E-state index contributed by atoms with van der Waals surface area (Å²) < 4.78 is 30.7. The molecule has 8 heteroatoms. The van der Waals surface area contributed by atoms with Gasteiger partial charge in [0.15, 0.2) is 0 Å². The molecule has 7 nitrogen and oxygen atoms in total. The van der Waals surface area contributed by atoms with Gasteiger partial charge in [0.2, 0.25) is 0 Å². The standard InChI is InChI=1S/C19H25N3O4S/c1-2-26-19(23)21-11-9-15(10-12-21)22(27(24)25)18-8-4-6-16-14(13-20)5-3-7-17(16)18/h3-8,15H,2,9-13,20H2,1H3,(H,24,25)/p-1. The van der Waals surface area contributed by atoms with E-state index in [2.05, 4.69) is 0 Å². The molecule has 3 rings (SSSR count). The van der Waals surface area contributed by atoms with Gasteiger partial charge in [0, 0.05) is 42.3 Å². The monoisotopic (exact) mass is 390 g/mol. The molecule has 0 bridgehead atoms. The molecule has 1 heterocycles. The molecule has 1 aliphatic rings. The van der Waals surface area contributed by atoms with E-state index in [0.29, 0.717) is 44.8 Å². The first-order chi connectivity index (χ1) is 13.1. The maximum Gasteiger partial charge on any atom is 0.409 e. The van der Waals surface area contributed by atoms with Crippen molar-refractivity contribution in [3.63, 3.8) is 0 Å². The topological polar surface area (TPSA) is 98.9 Å². The lowest BCUT2D eigenvalue weighted by molar-refractivity contribution is 0.0976. The van der Waals surface area contributed by atoms with Gasteiger partial charge in [-0.25, -0.2) is 4.79 Å². The van der Waals surface area contributed by atoms with Gasteiger partial charge < -0.3 is 19.9 Å². The Labute approximate surface area is 161 Å². The van der Waals surface area contributed by atoms with Gasteiger partial charge in [-0.05, 0) is 36.8 Å². The highest BCUT2D eigenvalue weighted by atomic mass is 32.2. The van der Waals surface area contributed by atoms with Crippen LogP contribution in [0, 0.1) is 0 Å². The summed E-state index contributed by atoms with van der Waals surface area (Å²) in [5.41, 5.74) is 7.45. The molecule has 1 atom stereocenters. The lowest BCUT2D eigenvalue weighted by atomic mass is 10.0. The molecule has 0 aromatic heterocycles. The average molecular weight is 390 g/mol. The van der Waals surface area contributed by atoms with Crippen molar-refractivity contribution in [2.24, 2.45) is 5.73 Å². The van der Waals surface area contributed by atoms with Crippen molar-refractivity contribution in [1.82, 2.24) is 4.90 Å². The maximum absolute atomic E-state index is 12.1. The van der Waals surface area contributed by atoms with Crippen LogP contribution in [-0.4, -0.2) is 45.5 Å². The highest BCUT2D eigenvalue weighted by Crippen LogP contribution is 2.33. The smallest absolute Gasteiger partial charge is 0.409 e. The average Bonchev–Trinajstić information content (AvgIpc) is 2.68. The van der Waals surface area contributed by atoms with Crippen molar-refractivity contribution in [3.05, 3.63) is 42.0 Å². The number of fused-ring (bicyclic) bond motifs is 1. The van der Waals surface area contributed by atoms with Gasteiger partial charge in [-0.2, -0.15) is 0 Å². The number of hydrogen-bond donors (Lipinski definition) is 1. The molecule has 0 spiro atoms. The number of anilines is 1. The summed E-state index contributed by atoms with van der Waals surface area (Å²) in [5, 5.41) is 1.81. The molecule has 2 aromatic carbocycles. The first kappa shape index (κ1) is 19.6. The van der Waals surface area contributed by atoms with Crippen LogP contribution in [0.25, 0.3) is 10.8 Å². The molecule has 27 heavy (non-hydrogen) atoms. The molecule has 146 valence electrons. The number of benzene rings is 2. The maximum atomic E-state index is 12.1. The second kappa shape index (κ2) is 8.69. The molecule has 0 radical (unpaired) electrons. The number of carbonyl (C=O) groups is 1. The molecule has 0 saturated carbocycles. The largest absolute Gasteiger partial charge is 0.755 e. The molecular formula is C19H24N3O4S-. The van der Waals surface area contributed by atoms with Gasteiger partial charge in [-0.1, -0.05) is 30.3 Å². The third kappa shape index (κ3) is 4.07. The Morgan fingerprint density at radius 2 is 1.93 bits per heavy atom. The number of likely N-dealkylation sites (tertiary alicyclic amines) is 1. The van der Waals surface area contributed by atoms with Crippen LogP contribution in [0.2, 0.25) is 0 Å². The highest BCUT2D eigenvalue weighted by molar-refractivity contribution is 7.80. The van der Waals surface area contributed by atoms with Crippen molar-refractivity contribution in [2.45, 2.75) is 32.4 Å². The van der Waals surface area contributed by atoms with Gasteiger partial charge in [0.05, 0.1) is 12.3 Å². The Hall–Kier alpha value is -2.16. The Morgan fingerprint density at radius 1 is 1.26 bits per heavy atom.